The maximum Gasteiger partial charge on any atom is 0.263 e. The standard InChI is InChI=1S/C25H28N2O2/c1-4-5-16-27-23(21-14-10-7-11-15-21)18(2)17-22(25(27)29)24(28)26-19(3)20-12-8-6-9-13-20/h6-15,17,19H,4-5,16H2,1-3H3,(H,26,28)/t19-/m1/s1. The molecule has 4 nitrogen and oxygen atoms in total. The number of carbonyl (C=O) groups is 1. The second kappa shape index (κ2) is 9.37. The van der Waals surface area contributed by atoms with E-state index in [9.17, 15) is 9.59 Å². The van der Waals surface area contributed by atoms with Crippen molar-refractivity contribution in [2.75, 3.05) is 0 Å². The highest BCUT2D eigenvalue weighted by Crippen LogP contribution is 2.23. The van der Waals surface area contributed by atoms with Crippen molar-refractivity contribution in [2.24, 2.45) is 0 Å². The Morgan fingerprint density at radius 3 is 2.28 bits per heavy atom. The lowest BCUT2D eigenvalue weighted by Gasteiger charge is -2.19. The van der Waals surface area contributed by atoms with Crippen LogP contribution in [0.4, 0.5) is 0 Å². The zero-order valence-electron chi connectivity index (χ0n) is 17.3. The Morgan fingerprint density at radius 1 is 1.03 bits per heavy atom. The van der Waals surface area contributed by atoms with Gasteiger partial charge in [0.2, 0.25) is 0 Å². The molecule has 1 heterocycles. The quantitative estimate of drug-likeness (QED) is 0.611. The highest BCUT2D eigenvalue weighted by atomic mass is 16.2. The fourth-order valence-electron chi connectivity index (χ4n) is 3.58. The van der Waals surface area contributed by atoms with Gasteiger partial charge in [-0.2, -0.15) is 0 Å². The molecule has 0 radical (unpaired) electrons. The highest BCUT2D eigenvalue weighted by molar-refractivity contribution is 5.94. The van der Waals surface area contributed by atoms with E-state index in [-0.39, 0.29) is 23.1 Å². The molecule has 0 spiro atoms. The fourth-order valence-corrected chi connectivity index (χ4v) is 3.58. The number of amides is 1. The van der Waals surface area contributed by atoms with Crippen molar-refractivity contribution in [1.82, 2.24) is 9.88 Å². The molecule has 1 N–H and O–H groups in total. The van der Waals surface area contributed by atoms with Crippen LogP contribution < -0.4 is 10.9 Å². The lowest BCUT2D eigenvalue weighted by atomic mass is 10.0. The molecule has 1 aromatic heterocycles. The smallest absolute Gasteiger partial charge is 0.263 e. The number of rotatable bonds is 7. The Hall–Kier alpha value is -3.14. The van der Waals surface area contributed by atoms with E-state index in [0.717, 1.165) is 35.2 Å². The van der Waals surface area contributed by atoms with Crippen molar-refractivity contribution in [1.29, 1.82) is 0 Å². The zero-order valence-corrected chi connectivity index (χ0v) is 17.3. The van der Waals surface area contributed by atoms with Gasteiger partial charge >= 0.3 is 0 Å². The Labute approximate surface area is 172 Å². The van der Waals surface area contributed by atoms with E-state index in [1.807, 2.05) is 74.5 Å². The summed E-state index contributed by atoms with van der Waals surface area (Å²) in [5.74, 6) is -0.334. The van der Waals surface area contributed by atoms with E-state index in [0.29, 0.717) is 6.54 Å². The topological polar surface area (TPSA) is 51.1 Å². The molecule has 0 aliphatic heterocycles. The number of hydrogen-bond acceptors (Lipinski definition) is 2. The number of aryl methyl sites for hydroxylation is 1. The maximum absolute atomic E-state index is 13.3. The van der Waals surface area contributed by atoms with Crippen LogP contribution in [-0.4, -0.2) is 10.5 Å². The van der Waals surface area contributed by atoms with Crippen molar-refractivity contribution in [3.8, 4) is 11.3 Å². The van der Waals surface area contributed by atoms with Crippen LogP contribution in [-0.2, 0) is 6.54 Å². The van der Waals surface area contributed by atoms with Gasteiger partial charge in [0.1, 0.15) is 5.56 Å². The van der Waals surface area contributed by atoms with Gasteiger partial charge in [-0.3, -0.25) is 9.59 Å². The van der Waals surface area contributed by atoms with Gasteiger partial charge in [-0.15, -0.1) is 0 Å². The molecule has 3 aromatic rings. The normalized spacial score (nSPS) is 11.8. The van der Waals surface area contributed by atoms with E-state index in [2.05, 4.69) is 12.2 Å². The molecule has 29 heavy (non-hydrogen) atoms. The molecule has 0 saturated carbocycles. The summed E-state index contributed by atoms with van der Waals surface area (Å²) < 4.78 is 1.76. The molecule has 4 heteroatoms. The van der Waals surface area contributed by atoms with Gasteiger partial charge in [0.25, 0.3) is 11.5 Å². The monoisotopic (exact) mass is 388 g/mol. The van der Waals surface area contributed by atoms with Crippen LogP contribution in [0.25, 0.3) is 11.3 Å². The Kier molecular flexibility index (Phi) is 6.65. The SMILES string of the molecule is CCCCn1c(-c2ccccc2)c(C)cc(C(=O)N[C@H](C)c2ccccc2)c1=O. The van der Waals surface area contributed by atoms with E-state index in [1.54, 1.807) is 10.6 Å². The minimum absolute atomic E-state index is 0.179. The van der Waals surface area contributed by atoms with Gasteiger partial charge < -0.3 is 9.88 Å². The predicted molar refractivity (Wildman–Crippen MR) is 118 cm³/mol. The van der Waals surface area contributed by atoms with Gasteiger partial charge in [0.05, 0.1) is 11.7 Å². The van der Waals surface area contributed by atoms with Crippen LogP contribution in [0, 0.1) is 6.92 Å². The van der Waals surface area contributed by atoms with Gasteiger partial charge in [0.15, 0.2) is 0 Å². The van der Waals surface area contributed by atoms with Crippen molar-refractivity contribution in [3.05, 3.63) is 93.8 Å². The van der Waals surface area contributed by atoms with Crippen molar-refractivity contribution in [2.45, 2.75) is 46.2 Å². The number of aromatic nitrogens is 1. The second-order valence-corrected chi connectivity index (χ2v) is 7.37. The van der Waals surface area contributed by atoms with E-state index >= 15 is 0 Å². The molecule has 1 atom stereocenters. The van der Waals surface area contributed by atoms with Crippen LogP contribution in [0.3, 0.4) is 0 Å². The van der Waals surface area contributed by atoms with E-state index in [1.165, 1.54) is 0 Å². The van der Waals surface area contributed by atoms with Crippen molar-refractivity contribution >= 4 is 5.91 Å². The molecule has 0 fully saturated rings. The van der Waals surface area contributed by atoms with E-state index in [4.69, 9.17) is 0 Å². The third kappa shape index (κ3) is 4.65. The van der Waals surface area contributed by atoms with Crippen molar-refractivity contribution in [3.63, 3.8) is 0 Å². The number of unbranched alkanes of at least 4 members (excludes halogenated alkanes) is 1. The summed E-state index contributed by atoms with van der Waals surface area (Å²) in [6, 6.07) is 21.2. The first-order valence-corrected chi connectivity index (χ1v) is 10.2. The van der Waals surface area contributed by atoms with Crippen LogP contribution in [0.2, 0.25) is 0 Å². The molecule has 0 saturated heterocycles. The molecule has 3 rings (SSSR count). The lowest BCUT2D eigenvalue weighted by Crippen LogP contribution is -2.35. The van der Waals surface area contributed by atoms with Gasteiger partial charge in [-0.05, 0) is 43.0 Å². The highest BCUT2D eigenvalue weighted by Gasteiger charge is 2.20. The molecule has 2 aromatic carbocycles. The molecule has 0 unspecified atom stereocenters. The summed E-state index contributed by atoms with van der Waals surface area (Å²) in [6.07, 6.45) is 1.85. The van der Waals surface area contributed by atoms with Crippen LogP contribution in [0.1, 0.15) is 54.2 Å². The molecule has 0 aliphatic carbocycles. The number of benzene rings is 2. The third-order valence-corrected chi connectivity index (χ3v) is 5.15. The van der Waals surface area contributed by atoms with Crippen LogP contribution >= 0.6 is 0 Å². The first kappa shape index (κ1) is 20.6. The number of carbonyl (C=O) groups excluding carboxylic acids is 1. The Bertz CT molecular complexity index is 1020. The van der Waals surface area contributed by atoms with Gasteiger partial charge in [0, 0.05) is 6.54 Å². The molecule has 0 bridgehead atoms. The first-order valence-electron chi connectivity index (χ1n) is 10.2. The van der Waals surface area contributed by atoms with Crippen LogP contribution in [0.5, 0.6) is 0 Å². The summed E-state index contributed by atoms with van der Waals surface area (Å²) in [7, 11) is 0. The minimum Gasteiger partial charge on any atom is -0.345 e. The summed E-state index contributed by atoms with van der Waals surface area (Å²) in [4.78, 5) is 26.2. The number of hydrogen-bond donors (Lipinski definition) is 1. The minimum atomic E-state index is -0.334. The summed E-state index contributed by atoms with van der Waals surface area (Å²) in [5, 5.41) is 2.97. The largest absolute Gasteiger partial charge is 0.345 e. The summed E-state index contributed by atoms with van der Waals surface area (Å²) in [6.45, 7) is 6.57. The second-order valence-electron chi connectivity index (χ2n) is 7.37. The lowest BCUT2D eigenvalue weighted by molar-refractivity contribution is 0.0937. The van der Waals surface area contributed by atoms with Crippen molar-refractivity contribution < 1.29 is 4.79 Å². The molecule has 1 amide bonds. The number of nitrogens with zero attached hydrogens (tertiary/aromatic N) is 1. The summed E-state index contributed by atoms with van der Waals surface area (Å²) >= 11 is 0. The number of pyridine rings is 1. The Morgan fingerprint density at radius 2 is 1.66 bits per heavy atom. The van der Waals surface area contributed by atoms with E-state index < -0.39 is 0 Å². The fraction of sp³-hybridized carbons (Fsp3) is 0.280. The number of nitrogens with one attached hydrogen (secondary N) is 1. The van der Waals surface area contributed by atoms with Crippen LogP contribution in [0.15, 0.2) is 71.5 Å². The molecular formula is C25H28N2O2. The van der Waals surface area contributed by atoms with Gasteiger partial charge in [-0.1, -0.05) is 74.0 Å². The zero-order chi connectivity index (χ0) is 20.8. The summed E-state index contributed by atoms with van der Waals surface area (Å²) in [5.41, 5.74) is 3.76. The Balaban J connectivity index is 2.00. The molecule has 0 aliphatic rings. The van der Waals surface area contributed by atoms with Gasteiger partial charge in [-0.25, -0.2) is 0 Å². The molecule has 150 valence electrons. The maximum atomic E-state index is 13.3. The first-order chi connectivity index (χ1) is 14.0. The average molecular weight is 389 g/mol. The third-order valence-electron chi connectivity index (χ3n) is 5.15. The predicted octanol–water partition coefficient (Wildman–Crippen LogP) is 5.11. The average Bonchev–Trinajstić information content (AvgIpc) is 2.75. The molecular weight excluding hydrogens is 360 g/mol.